The van der Waals surface area contributed by atoms with Crippen LogP contribution in [-0.2, 0) is 6.42 Å². The van der Waals surface area contributed by atoms with Crippen molar-refractivity contribution in [1.29, 1.82) is 0 Å². The summed E-state index contributed by atoms with van der Waals surface area (Å²) in [4.78, 5) is 0. The summed E-state index contributed by atoms with van der Waals surface area (Å²) in [5, 5.41) is 7.10. The fourth-order valence-electron chi connectivity index (χ4n) is 3.34. The first kappa shape index (κ1) is 15.4. The van der Waals surface area contributed by atoms with E-state index < -0.39 is 0 Å². The van der Waals surface area contributed by atoms with Crippen LogP contribution in [0.15, 0.2) is 42.5 Å². The highest BCUT2D eigenvalue weighted by molar-refractivity contribution is 14.1. The van der Waals surface area contributed by atoms with Gasteiger partial charge in [-0.2, -0.15) is 0 Å². The van der Waals surface area contributed by atoms with E-state index in [1.165, 1.54) is 22.3 Å². The fraction of sp³-hybridized carbons (Fsp3) is 0.368. The molecule has 23 heavy (non-hydrogen) atoms. The van der Waals surface area contributed by atoms with Gasteiger partial charge in [-0.05, 0) is 41.3 Å². The van der Waals surface area contributed by atoms with Gasteiger partial charge in [0.1, 0.15) is 11.9 Å². The Morgan fingerprint density at radius 1 is 1.00 bits per heavy atom. The third kappa shape index (κ3) is 3.25. The average molecular weight is 420 g/mol. The van der Waals surface area contributed by atoms with Crippen LogP contribution in [0.25, 0.3) is 11.1 Å². The van der Waals surface area contributed by atoms with Crippen molar-refractivity contribution in [3.63, 3.8) is 0 Å². The first-order chi connectivity index (χ1) is 11.2. The van der Waals surface area contributed by atoms with E-state index in [4.69, 9.17) is 4.74 Å². The van der Waals surface area contributed by atoms with Crippen LogP contribution in [0.5, 0.6) is 5.75 Å². The minimum atomic E-state index is 0.268. The summed E-state index contributed by atoms with van der Waals surface area (Å²) in [6.07, 6.45) is 1.58. The third-order valence-corrected chi connectivity index (χ3v) is 5.44. The highest BCUT2D eigenvalue weighted by Gasteiger charge is 2.20. The zero-order chi connectivity index (χ0) is 15.8. The quantitative estimate of drug-likeness (QED) is 0.575. The number of fused-ring (bicyclic) bond motifs is 1. The minimum Gasteiger partial charge on any atom is -0.490 e. The van der Waals surface area contributed by atoms with Gasteiger partial charge in [-0.3, -0.25) is 10.6 Å². The molecule has 1 saturated heterocycles. The molecule has 0 radical (unpaired) electrons. The lowest BCUT2D eigenvalue weighted by Gasteiger charge is -2.28. The van der Waals surface area contributed by atoms with Crippen molar-refractivity contribution in [2.45, 2.75) is 29.5 Å². The van der Waals surface area contributed by atoms with E-state index in [9.17, 15) is 0 Å². The van der Waals surface area contributed by atoms with Crippen molar-refractivity contribution in [3.8, 4) is 16.9 Å². The maximum absolute atomic E-state index is 5.79. The van der Waals surface area contributed by atoms with E-state index in [-0.39, 0.29) is 6.17 Å². The molecule has 0 saturated carbocycles. The van der Waals surface area contributed by atoms with Gasteiger partial charge in [0.25, 0.3) is 0 Å². The minimum absolute atomic E-state index is 0.268. The highest BCUT2D eigenvalue weighted by Crippen LogP contribution is 2.33. The van der Waals surface area contributed by atoms with Crippen LogP contribution in [0.2, 0.25) is 0 Å². The Kier molecular flexibility index (Phi) is 4.30. The predicted molar refractivity (Wildman–Crippen MR) is 102 cm³/mol. The van der Waals surface area contributed by atoms with Crippen molar-refractivity contribution in [2.24, 2.45) is 0 Å². The molecule has 0 aromatic heterocycles. The first-order valence-corrected chi connectivity index (χ1v) is 9.44. The van der Waals surface area contributed by atoms with E-state index in [1.807, 2.05) is 0 Å². The fourth-order valence-corrected chi connectivity index (χ4v) is 3.85. The molecule has 120 valence electrons. The Morgan fingerprint density at radius 2 is 1.70 bits per heavy atom. The molecule has 2 aliphatic heterocycles. The van der Waals surface area contributed by atoms with Crippen LogP contribution in [0.1, 0.15) is 24.2 Å². The molecule has 2 aliphatic rings. The van der Waals surface area contributed by atoms with Crippen LogP contribution in [0.3, 0.4) is 0 Å². The topological polar surface area (TPSA) is 33.3 Å². The highest BCUT2D eigenvalue weighted by atomic mass is 127. The van der Waals surface area contributed by atoms with Crippen LogP contribution < -0.4 is 15.4 Å². The number of halogens is 1. The molecule has 1 atom stereocenters. The predicted octanol–water partition coefficient (Wildman–Crippen LogP) is 3.67. The maximum Gasteiger partial charge on any atom is 0.123 e. The normalized spacial score (nSPS) is 26.6. The Bertz CT molecular complexity index is 693. The monoisotopic (exact) mass is 420 g/mol. The summed E-state index contributed by atoms with van der Waals surface area (Å²) in [6, 6.07) is 15.4. The van der Waals surface area contributed by atoms with E-state index in [0.29, 0.717) is 10.0 Å². The number of benzene rings is 2. The Morgan fingerprint density at radius 3 is 2.43 bits per heavy atom. The second kappa shape index (κ2) is 6.42. The number of hydrogen-bond acceptors (Lipinski definition) is 3. The van der Waals surface area contributed by atoms with Crippen LogP contribution in [-0.4, -0.2) is 23.1 Å². The van der Waals surface area contributed by atoms with Gasteiger partial charge in [-0.15, -0.1) is 0 Å². The molecular formula is C19H21IN2O. The molecule has 0 bridgehead atoms. The van der Waals surface area contributed by atoms with Crippen molar-refractivity contribution < 1.29 is 4.74 Å². The third-order valence-electron chi connectivity index (χ3n) is 4.56. The van der Waals surface area contributed by atoms with Crippen LogP contribution in [0.4, 0.5) is 0 Å². The van der Waals surface area contributed by atoms with Gasteiger partial charge in [-0.1, -0.05) is 52.9 Å². The van der Waals surface area contributed by atoms with Crippen molar-refractivity contribution in [3.05, 3.63) is 53.6 Å². The van der Waals surface area contributed by atoms with Gasteiger partial charge >= 0.3 is 0 Å². The van der Waals surface area contributed by atoms with E-state index >= 15 is 0 Å². The zero-order valence-corrected chi connectivity index (χ0v) is 15.3. The second-order valence-electron chi connectivity index (χ2n) is 6.42. The lowest BCUT2D eigenvalue weighted by molar-refractivity contribution is 0.254. The maximum atomic E-state index is 5.79. The molecule has 4 rings (SSSR count). The van der Waals surface area contributed by atoms with Crippen molar-refractivity contribution in [2.75, 3.05) is 13.1 Å². The molecule has 0 spiro atoms. The zero-order valence-electron chi connectivity index (χ0n) is 13.2. The summed E-state index contributed by atoms with van der Waals surface area (Å²) in [5.74, 6) is 1.04. The summed E-state index contributed by atoms with van der Waals surface area (Å²) in [5.41, 5.74) is 5.15. The molecule has 3 nitrogen and oxygen atoms in total. The Labute approximate surface area is 151 Å². The van der Waals surface area contributed by atoms with E-state index in [2.05, 4.69) is 82.6 Å². The first-order valence-electron chi connectivity index (χ1n) is 8.20. The standard InChI is InChI=1S/C19H21IN2O/c1-12-8-16-9-15(6-7-18(16)23-12)13-2-4-14(5-3-13)19-21-10-17(20)11-22-19/h2-7,9,12,17,19,21-22H,8,10-11H2,1H3. The van der Waals surface area contributed by atoms with Crippen molar-refractivity contribution >= 4 is 22.6 Å². The number of alkyl halides is 1. The lowest BCUT2D eigenvalue weighted by Crippen LogP contribution is -2.47. The number of ether oxygens (including phenoxy) is 1. The molecular weight excluding hydrogens is 399 g/mol. The number of rotatable bonds is 2. The molecule has 2 aromatic carbocycles. The molecule has 2 heterocycles. The Balaban J connectivity index is 1.53. The lowest BCUT2D eigenvalue weighted by atomic mass is 9.99. The Hall–Kier alpha value is -1.11. The van der Waals surface area contributed by atoms with Gasteiger partial charge in [-0.25, -0.2) is 0 Å². The van der Waals surface area contributed by atoms with E-state index in [0.717, 1.165) is 25.3 Å². The van der Waals surface area contributed by atoms with Gasteiger partial charge in [0.2, 0.25) is 0 Å². The molecule has 1 unspecified atom stereocenters. The number of hydrogen-bond donors (Lipinski definition) is 2. The largest absolute Gasteiger partial charge is 0.490 e. The molecule has 0 aliphatic carbocycles. The smallest absolute Gasteiger partial charge is 0.123 e. The summed E-state index contributed by atoms with van der Waals surface area (Å²) >= 11 is 2.48. The molecule has 1 fully saturated rings. The molecule has 0 amide bonds. The second-order valence-corrected chi connectivity index (χ2v) is 8.19. The molecule has 2 N–H and O–H groups in total. The van der Waals surface area contributed by atoms with E-state index in [1.54, 1.807) is 0 Å². The van der Waals surface area contributed by atoms with Gasteiger partial charge in [0, 0.05) is 23.4 Å². The van der Waals surface area contributed by atoms with Gasteiger partial charge in [0.05, 0.1) is 6.17 Å². The summed E-state index contributed by atoms with van der Waals surface area (Å²) in [7, 11) is 0. The van der Waals surface area contributed by atoms with Gasteiger partial charge < -0.3 is 4.74 Å². The van der Waals surface area contributed by atoms with Crippen LogP contribution >= 0.6 is 22.6 Å². The van der Waals surface area contributed by atoms with Gasteiger partial charge in [0.15, 0.2) is 0 Å². The molecule has 4 heteroatoms. The number of nitrogens with one attached hydrogen (secondary N) is 2. The SMILES string of the molecule is CC1Cc2cc(-c3ccc(C4NCC(I)CN4)cc3)ccc2O1. The summed E-state index contributed by atoms with van der Waals surface area (Å²) < 4.78 is 6.45. The average Bonchev–Trinajstić information content (AvgIpc) is 2.95. The van der Waals surface area contributed by atoms with Crippen molar-refractivity contribution in [1.82, 2.24) is 10.6 Å². The van der Waals surface area contributed by atoms with Crippen LogP contribution in [0, 0.1) is 0 Å². The summed E-state index contributed by atoms with van der Waals surface area (Å²) in [6.45, 7) is 4.24. The molecule has 2 aromatic rings.